The molecule has 1 amide bonds. The maximum Gasteiger partial charge on any atom is 0.255 e. The summed E-state index contributed by atoms with van der Waals surface area (Å²) in [7, 11) is 0. The van der Waals surface area contributed by atoms with Crippen molar-refractivity contribution in [2.75, 3.05) is 31.1 Å². The molecule has 28 heavy (non-hydrogen) atoms. The van der Waals surface area contributed by atoms with E-state index in [1.165, 1.54) is 5.56 Å². The first kappa shape index (κ1) is 18.5. The molecule has 5 nitrogen and oxygen atoms in total. The van der Waals surface area contributed by atoms with Crippen molar-refractivity contribution in [3.8, 4) is 0 Å². The number of anilines is 1. The first-order chi connectivity index (χ1) is 13.6. The van der Waals surface area contributed by atoms with Gasteiger partial charge in [-0.25, -0.2) is 4.98 Å². The van der Waals surface area contributed by atoms with Crippen LogP contribution in [0.4, 0.5) is 5.82 Å². The number of carbonyl (C=O) groups is 1. The minimum atomic E-state index is 0.128. The van der Waals surface area contributed by atoms with Crippen molar-refractivity contribution in [1.29, 1.82) is 0 Å². The number of amides is 1. The number of aromatic nitrogens is 2. The lowest BCUT2D eigenvalue weighted by molar-refractivity contribution is 0.0728. The van der Waals surface area contributed by atoms with Crippen LogP contribution in [-0.4, -0.2) is 46.4 Å². The fraction of sp³-hybridized carbons (Fsp3) is 0.391. The zero-order chi connectivity index (χ0) is 19.5. The van der Waals surface area contributed by atoms with E-state index in [0.29, 0.717) is 5.92 Å². The molecule has 0 atom stereocenters. The van der Waals surface area contributed by atoms with Crippen LogP contribution >= 0.6 is 0 Å². The Hall–Kier alpha value is -2.82. The number of rotatable bonds is 5. The standard InChI is InChI=1S/C23H28N4O/c1-3-25(23(28)20-7-8-21-14-18(2)15-27(21)17-20)16-19-9-12-26(13-10-19)22-6-4-5-11-24-22/h4-8,11,14-15,17,19H,3,9-10,12-13,16H2,1-2H3. The first-order valence-electron chi connectivity index (χ1n) is 10.2. The molecule has 1 fully saturated rings. The minimum absolute atomic E-state index is 0.128. The van der Waals surface area contributed by atoms with Crippen molar-refractivity contribution >= 4 is 17.2 Å². The molecule has 0 radical (unpaired) electrons. The zero-order valence-electron chi connectivity index (χ0n) is 16.7. The lowest BCUT2D eigenvalue weighted by Crippen LogP contribution is -2.41. The van der Waals surface area contributed by atoms with Gasteiger partial charge in [0, 0.05) is 50.3 Å². The van der Waals surface area contributed by atoms with E-state index in [9.17, 15) is 4.79 Å². The smallest absolute Gasteiger partial charge is 0.255 e. The summed E-state index contributed by atoms with van der Waals surface area (Å²) in [5.74, 6) is 1.73. The maximum atomic E-state index is 13.1. The molecule has 1 saturated heterocycles. The van der Waals surface area contributed by atoms with E-state index in [1.807, 2.05) is 46.0 Å². The fourth-order valence-corrected chi connectivity index (χ4v) is 4.11. The van der Waals surface area contributed by atoms with Crippen LogP contribution in [0.5, 0.6) is 0 Å². The van der Waals surface area contributed by atoms with Crippen LogP contribution in [-0.2, 0) is 0 Å². The van der Waals surface area contributed by atoms with Crippen molar-refractivity contribution in [3.63, 3.8) is 0 Å². The number of fused-ring (bicyclic) bond motifs is 1. The highest BCUT2D eigenvalue weighted by Gasteiger charge is 2.24. The summed E-state index contributed by atoms with van der Waals surface area (Å²) in [6.45, 7) is 7.71. The number of nitrogens with zero attached hydrogens (tertiary/aromatic N) is 4. The molecule has 1 aliphatic rings. The highest BCUT2D eigenvalue weighted by molar-refractivity contribution is 5.94. The molecule has 5 heteroatoms. The fourth-order valence-electron chi connectivity index (χ4n) is 4.11. The molecule has 0 N–H and O–H groups in total. The second-order valence-electron chi connectivity index (χ2n) is 7.73. The molecule has 4 heterocycles. The molecule has 4 rings (SSSR count). The summed E-state index contributed by atoms with van der Waals surface area (Å²) < 4.78 is 2.04. The summed E-state index contributed by atoms with van der Waals surface area (Å²) in [5.41, 5.74) is 3.09. The largest absolute Gasteiger partial charge is 0.357 e. The van der Waals surface area contributed by atoms with Gasteiger partial charge in [0.2, 0.25) is 0 Å². The molecular formula is C23H28N4O. The van der Waals surface area contributed by atoms with E-state index in [0.717, 1.165) is 55.9 Å². The third kappa shape index (κ3) is 3.88. The zero-order valence-corrected chi connectivity index (χ0v) is 16.7. The third-order valence-electron chi connectivity index (χ3n) is 5.71. The highest BCUT2D eigenvalue weighted by atomic mass is 16.2. The predicted molar refractivity (Wildman–Crippen MR) is 113 cm³/mol. The Morgan fingerprint density at radius 3 is 2.71 bits per heavy atom. The topological polar surface area (TPSA) is 40.8 Å². The average Bonchev–Trinajstić information content (AvgIpc) is 3.11. The molecule has 0 bridgehead atoms. The Morgan fingerprint density at radius 2 is 2.00 bits per heavy atom. The maximum absolute atomic E-state index is 13.1. The van der Waals surface area contributed by atoms with E-state index in [1.54, 1.807) is 0 Å². The van der Waals surface area contributed by atoms with Crippen LogP contribution in [0.15, 0.2) is 55.0 Å². The molecule has 1 aliphatic heterocycles. The minimum Gasteiger partial charge on any atom is -0.357 e. The van der Waals surface area contributed by atoms with Gasteiger partial charge in [-0.05, 0) is 68.5 Å². The van der Waals surface area contributed by atoms with E-state index in [2.05, 4.69) is 42.1 Å². The van der Waals surface area contributed by atoms with Crippen molar-refractivity contribution in [2.45, 2.75) is 26.7 Å². The van der Waals surface area contributed by atoms with Gasteiger partial charge in [0.1, 0.15) is 5.82 Å². The van der Waals surface area contributed by atoms with Crippen molar-refractivity contribution in [1.82, 2.24) is 14.3 Å². The monoisotopic (exact) mass is 376 g/mol. The summed E-state index contributed by atoms with van der Waals surface area (Å²) in [4.78, 5) is 21.9. The molecule has 0 aromatic carbocycles. The van der Waals surface area contributed by atoms with Gasteiger partial charge in [0.25, 0.3) is 5.91 Å². The van der Waals surface area contributed by atoms with Gasteiger partial charge in [-0.2, -0.15) is 0 Å². The summed E-state index contributed by atoms with van der Waals surface area (Å²) in [6.07, 6.45) is 8.06. The number of carbonyl (C=O) groups excluding carboxylic acids is 1. The van der Waals surface area contributed by atoms with Crippen LogP contribution < -0.4 is 4.90 Å². The van der Waals surface area contributed by atoms with Gasteiger partial charge in [0.05, 0.1) is 5.56 Å². The number of pyridine rings is 2. The molecule has 0 aliphatic carbocycles. The van der Waals surface area contributed by atoms with Gasteiger partial charge in [-0.1, -0.05) is 6.07 Å². The lowest BCUT2D eigenvalue weighted by atomic mass is 9.96. The summed E-state index contributed by atoms with van der Waals surface area (Å²) >= 11 is 0. The number of hydrogen-bond donors (Lipinski definition) is 0. The predicted octanol–water partition coefficient (Wildman–Crippen LogP) is 4.02. The van der Waals surface area contributed by atoms with Crippen LogP contribution in [0.3, 0.4) is 0 Å². The van der Waals surface area contributed by atoms with E-state index < -0.39 is 0 Å². The van der Waals surface area contributed by atoms with Gasteiger partial charge in [-0.3, -0.25) is 4.79 Å². The molecule has 3 aromatic heterocycles. The number of aryl methyl sites for hydroxylation is 1. The van der Waals surface area contributed by atoms with Gasteiger partial charge in [-0.15, -0.1) is 0 Å². The highest BCUT2D eigenvalue weighted by Crippen LogP contribution is 2.23. The van der Waals surface area contributed by atoms with Crippen LogP contribution in [0.1, 0.15) is 35.7 Å². The van der Waals surface area contributed by atoms with E-state index in [-0.39, 0.29) is 5.91 Å². The van der Waals surface area contributed by atoms with Crippen LogP contribution in [0.2, 0.25) is 0 Å². The number of hydrogen-bond acceptors (Lipinski definition) is 3. The lowest BCUT2D eigenvalue weighted by Gasteiger charge is -2.35. The molecule has 0 unspecified atom stereocenters. The van der Waals surface area contributed by atoms with Gasteiger partial charge < -0.3 is 14.2 Å². The Balaban J connectivity index is 1.39. The second-order valence-corrected chi connectivity index (χ2v) is 7.73. The van der Waals surface area contributed by atoms with Crippen LogP contribution in [0.25, 0.3) is 5.52 Å². The average molecular weight is 377 g/mol. The van der Waals surface area contributed by atoms with Gasteiger partial charge in [0.15, 0.2) is 0 Å². The summed E-state index contributed by atoms with van der Waals surface area (Å²) in [5, 5.41) is 0. The van der Waals surface area contributed by atoms with Crippen molar-refractivity contribution in [3.05, 3.63) is 66.1 Å². The Labute approximate surface area is 166 Å². The molecule has 3 aromatic rings. The van der Waals surface area contributed by atoms with Crippen molar-refractivity contribution in [2.24, 2.45) is 5.92 Å². The molecule has 146 valence electrons. The van der Waals surface area contributed by atoms with Gasteiger partial charge >= 0.3 is 0 Å². The molecular weight excluding hydrogens is 348 g/mol. The second kappa shape index (κ2) is 8.05. The molecule has 0 saturated carbocycles. The number of piperidine rings is 1. The molecule has 0 spiro atoms. The quantitative estimate of drug-likeness (QED) is 0.675. The van der Waals surface area contributed by atoms with Crippen molar-refractivity contribution < 1.29 is 4.79 Å². The van der Waals surface area contributed by atoms with Crippen LogP contribution in [0, 0.1) is 12.8 Å². The van der Waals surface area contributed by atoms with E-state index >= 15 is 0 Å². The third-order valence-corrected chi connectivity index (χ3v) is 5.71. The Bertz CT molecular complexity index is 942. The first-order valence-corrected chi connectivity index (χ1v) is 10.2. The Morgan fingerprint density at radius 1 is 1.18 bits per heavy atom. The summed E-state index contributed by atoms with van der Waals surface area (Å²) in [6, 6.07) is 12.2. The normalized spacial score (nSPS) is 15.1. The Kier molecular flexibility index (Phi) is 5.33. The van der Waals surface area contributed by atoms with E-state index in [4.69, 9.17) is 0 Å². The SMILES string of the molecule is CCN(CC1CCN(c2ccccn2)CC1)C(=O)c1ccc2cc(C)cn2c1.